The van der Waals surface area contributed by atoms with Gasteiger partial charge in [-0.1, -0.05) is 30.6 Å². The number of nitrogens with zero attached hydrogens (tertiary/aromatic N) is 5. The van der Waals surface area contributed by atoms with Gasteiger partial charge < -0.3 is 4.90 Å². The van der Waals surface area contributed by atoms with Gasteiger partial charge in [-0.05, 0) is 25.0 Å². The molecular weight excluding hydrogens is 294 g/mol. The first-order valence-corrected chi connectivity index (χ1v) is 8.62. The second kappa shape index (κ2) is 5.68. The fourth-order valence-electron chi connectivity index (χ4n) is 3.11. The molecule has 0 unspecified atom stereocenters. The van der Waals surface area contributed by atoms with E-state index in [4.69, 9.17) is 5.10 Å². The van der Waals surface area contributed by atoms with E-state index in [1.54, 1.807) is 17.5 Å². The Kier molecular flexibility index (Phi) is 3.54. The third-order valence-corrected chi connectivity index (χ3v) is 5.43. The smallest absolute Gasteiger partial charge is 0.214 e. The minimum Gasteiger partial charge on any atom is -0.347 e. The van der Waals surface area contributed by atoms with Crippen molar-refractivity contribution in [2.45, 2.75) is 38.1 Å². The molecule has 3 aromatic rings. The molecule has 3 heterocycles. The Balaban J connectivity index is 1.61. The molecule has 0 atom stereocenters. The Hall–Kier alpha value is -1.95. The molecule has 5 nitrogen and oxygen atoms in total. The van der Waals surface area contributed by atoms with E-state index in [2.05, 4.69) is 21.9 Å². The standard InChI is InChI=1S/C16H19N5S/c1-20(13-7-3-2-4-8-13)16-19-21-11-14(18-15(21)22-16)12-6-5-9-17-10-12/h5-6,9-11,13H,2-4,7-8H2,1H3. The Morgan fingerprint density at radius 1 is 1.27 bits per heavy atom. The summed E-state index contributed by atoms with van der Waals surface area (Å²) in [7, 11) is 2.16. The highest BCUT2D eigenvalue weighted by Crippen LogP contribution is 2.30. The van der Waals surface area contributed by atoms with Crippen LogP contribution in [0, 0.1) is 0 Å². The molecule has 0 saturated heterocycles. The lowest BCUT2D eigenvalue weighted by molar-refractivity contribution is 0.427. The van der Waals surface area contributed by atoms with E-state index in [1.807, 2.05) is 29.0 Å². The van der Waals surface area contributed by atoms with Crippen LogP contribution in [-0.2, 0) is 0 Å². The van der Waals surface area contributed by atoms with Crippen LogP contribution in [-0.4, -0.2) is 32.7 Å². The van der Waals surface area contributed by atoms with Crippen molar-refractivity contribution in [3.63, 3.8) is 0 Å². The van der Waals surface area contributed by atoms with E-state index >= 15 is 0 Å². The quantitative estimate of drug-likeness (QED) is 0.741. The summed E-state index contributed by atoms with van der Waals surface area (Å²) in [5.74, 6) is 0. The van der Waals surface area contributed by atoms with Crippen molar-refractivity contribution in [2.75, 3.05) is 11.9 Å². The molecule has 0 radical (unpaired) electrons. The summed E-state index contributed by atoms with van der Waals surface area (Å²) in [6.07, 6.45) is 12.2. The Bertz CT molecular complexity index is 726. The van der Waals surface area contributed by atoms with Crippen molar-refractivity contribution in [3.8, 4) is 11.3 Å². The lowest BCUT2D eigenvalue weighted by Gasteiger charge is -2.30. The van der Waals surface area contributed by atoms with Gasteiger partial charge in [0.15, 0.2) is 0 Å². The maximum atomic E-state index is 4.71. The summed E-state index contributed by atoms with van der Waals surface area (Å²) in [6.45, 7) is 0. The molecule has 1 saturated carbocycles. The van der Waals surface area contributed by atoms with E-state index in [0.717, 1.165) is 21.3 Å². The molecule has 0 aliphatic heterocycles. The number of rotatable bonds is 3. The first-order valence-electron chi connectivity index (χ1n) is 7.81. The van der Waals surface area contributed by atoms with Crippen LogP contribution < -0.4 is 4.90 Å². The van der Waals surface area contributed by atoms with Crippen LogP contribution in [0.2, 0.25) is 0 Å². The minimum absolute atomic E-state index is 0.627. The molecule has 1 aliphatic rings. The second-order valence-corrected chi connectivity index (χ2v) is 6.82. The number of fused-ring (bicyclic) bond motifs is 1. The zero-order valence-electron chi connectivity index (χ0n) is 12.6. The van der Waals surface area contributed by atoms with E-state index < -0.39 is 0 Å². The molecule has 0 N–H and O–H groups in total. The summed E-state index contributed by atoms with van der Waals surface area (Å²) in [6, 6.07) is 4.58. The fourth-order valence-corrected chi connectivity index (χ4v) is 4.03. The molecule has 1 aliphatic carbocycles. The maximum absolute atomic E-state index is 4.71. The number of imidazole rings is 1. The van der Waals surface area contributed by atoms with Crippen LogP contribution in [0.25, 0.3) is 16.2 Å². The monoisotopic (exact) mass is 313 g/mol. The molecule has 4 rings (SSSR count). The number of hydrogen-bond donors (Lipinski definition) is 0. The highest BCUT2D eigenvalue weighted by Gasteiger charge is 2.21. The first-order chi connectivity index (χ1) is 10.8. The zero-order chi connectivity index (χ0) is 14.9. The molecule has 22 heavy (non-hydrogen) atoms. The zero-order valence-corrected chi connectivity index (χ0v) is 13.5. The van der Waals surface area contributed by atoms with Gasteiger partial charge in [0.05, 0.1) is 11.9 Å². The first kappa shape index (κ1) is 13.7. The summed E-state index contributed by atoms with van der Waals surface area (Å²) >= 11 is 1.66. The molecule has 0 spiro atoms. The van der Waals surface area contributed by atoms with Gasteiger partial charge in [-0.15, -0.1) is 5.10 Å². The van der Waals surface area contributed by atoms with Crippen LogP contribution in [0.1, 0.15) is 32.1 Å². The average molecular weight is 313 g/mol. The van der Waals surface area contributed by atoms with E-state index in [1.165, 1.54) is 32.1 Å². The molecule has 114 valence electrons. The molecule has 1 fully saturated rings. The third-order valence-electron chi connectivity index (χ3n) is 4.41. The van der Waals surface area contributed by atoms with E-state index in [0.29, 0.717) is 6.04 Å². The molecular formula is C16H19N5S. The SMILES string of the molecule is CN(c1nn2cc(-c3cccnc3)nc2s1)C1CCCCC1. The molecule has 6 heteroatoms. The predicted molar refractivity (Wildman–Crippen MR) is 89.4 cm³/mol. The van der Waals surface area contributed by atoms with Crippen molar-refractivity contribution in [1.29, 1.82) is 0 Å². The Morgan fingerprint density at radius 2 is 2.14 bits per heavy atom. The Labute approximate surface area is 133 Å². The van der Waals surface area contributed by atoms with Gasteiger partial charge in [0.1, 0.15) is 0 Å². The normalized spacial score (nSPS) is 16.2. The topological polar surface area (TPSA) is 46.3 Å². The third kappa shape index (κ3) is 2.47. The van der Waals surface area contributed by atoms with Gasteiger partial charge in [0.25, 0.3) is 0 Å². The van der Waals surface area contributed by atoms with Crippen molar-refractivity contribution < 1.29 is 0 Å². The van der Waals surface area contributed by atoms with E-state index in [-0.39, 0.29) is 0 Å². The van der Waals surface area contributed by atoms with Crippen LogP contribution in [0.3, 0.4) is 0 Å². The van der Waals surface area contributed by atoms with Crippen LogP contribution in [0.15, 0.2) is 30.7 Å². The lowest BCUT2D eigenvalue weighted by Crippen LogP contribution is -2.33. The van der Waals surface area contributed by atoms with Crippen LogP contribution >= 0.6 is 11.3 Å². The van der Waals surface area contributed by atoms with Crippen molar-refractivity contribution in [2.24, 2.45) is 0 Å². The largest absolute Gasteiger partial charge is 0.347 e. The van der Waals surface area contributed by atoms with Gasteiger partial charge in [0, 0.05) is 31.0 Å². The number of hydrogen-bond acceptors (Lipinski definition) is 5. The predicted octanol–water partition coefficient (Wildman–Crippen LogP) is 3.62. The fraction of sp³-hybridized carbons (Fsp3) is 0.438. The van der Waals surface area contributed by atoms with Gasteiger partial charge in [-0.3, -0.25) is 4.98 Å². The maximum Gasteiger partial charge on any atom is 0.214 e. The van der Waals surface area contributed by atoms with Crippen molar-refractivity contribution in [1.82, 2.24) is 19.6 Å². The molecule has 3 aromatic heterocycles. The minimum atomic E-state index is 0.627. The lowest BCUT2D eigenvalue weighted by atomic mass is 9.95. The van der Waals surface area contributed by atoms with Crippen LogP contribution in [0.5, 0.6) is 0 Å². The average Bonchev–Trinajstić information content (AvgIpc) is 3.15. The molecule has 0 bridgehead atoms. The summed E-state index contributed by atoms with van der Waals surface area (Å²) in [5.41, 5.74) is 1.96. The van der Waals surface area contributed by atoms with Gasteiger partial charge in [-0.25, -0.2) is 9.50 Å². The molecule has 0 amide bonds. The second-order valence-electron chi connectivity index (χ2n) is 5.88. The van der Waals surface area contributed by atoms with E-state index in [9.17, 15) is 0 Å². The van der Waals surface area contributed by atoms with Gasteiger partial charge >= 0.3 is 0 Å². The molecule has 0 aromatic carbocycles. The highest BCUT2D eigenvalue weighted by atomic mass is 32.1. The number of pyridine rings is 1. The van der Waals surface area contributed by atoms with Gasteiger partial charge in [0.2, 0.25) is 10.1 Å². The number of aromatic nitrogens is 4. The van der Waals surface area contributed by atoms with Gasteiger partial charge in [-0.2, -0.15) is 0 Å². The highest BCUT2D eigenvalue weighted by molar-refractivity contribution is 7.20. The summed E-state index contributed by atoms with van der Waals surface area (Å²) in [5, 5.41) is 5.77. The van der Waals surface area contributed by atoms with Crippen molar-refractivity contribution in [3.05, 3.63) is 30.7 Å². The summed E-state index contributed by atoms with van der Waals surface area (Å²) < 4.78 is 1.89. The Morgan fingerprint density at radius 3 is 2.86 bits per heavy atom. The van der Waals surface area contributed by atoms with Crippen molar-refractivity contribution >= 4 is 21.4 Å². The van der Waals surface area contributed by atoms with Crippen LogP contribution in [0.4, 0.5) is 5.13 Å². The summed E-state index contributed by atoms with van der Waals surface area (Å²) in [4.78, 5) is 12.1. The number of anilines is 1.